The second-order valence-electron chi connectivity index (χ2n) is 11.9. The summed E-state index contributed by atoms with van der Waals surface area (Å²) < 4.78 is 5.44. The third-order valence-corrected chi connectivity index (χ3v) is 10.6. The lowest BCUT2D eigenvalue weighted by Gasteiger charge is -2.60. The fourth-order valence-corrected chi connectivity index (χ4v) is 8.78. The fraction of sp³-hybridized carbons (Fsp3) is 0.960. The molecule has 5 heteroatoms. The van der Waals surface area contributed by atoms with E-state index in [1.54, 1.807) is 0 Å². The van der Waals surface area contributed by atoms with Gasteiger partial charge in [0.25, 0.3) is 5.91 Å². The van der Waals surface area contributed by atoms with Gasteiger partial charge < -0.3 is 20.1 Å². The highest BCUT2D eigenvalue weighted by atomic mass is 16.5. The molecule has 4 saturated carbocycles. The van der Waals surface area contributed by atoms with Gasteiger partial charge in [0.05, 0.1) is 19.3 Å². The summed E-state index contributed by atoms with van der Waals surface area (Å²) in [7, 11) is 0. The zero-order chi connectivity index (χ0) is 20.9. The van der Waals surface area contributed by atoms with Crippen molar-refractivity contribution in [1.29, 1.82) is 0 Å². The maximum atomic E-state index is 12.8. The molecule has 4 aliphatic carbocycles. The van der Waals surface area contributed by atoms with Crippen molar-refractivity contribution in [3.63, 3.8) is 0 Å². The molecule has 0 aromatic carbocycles. The maximum Gasteiger partial charge on any atom is 0.275 e. The summed E-state index contributed by atoms with van der Waals surface area (Å²) >= 11 is 0. The minimum Gasteiger partial charge on any atom is -0.393 e. The van der Waals surface area contributed by atoms with Crippen molar-refractivity contribution < 1.29 is 19.5 Å². The molecule has 0 aromatic rings. The third kappa shape index (κ3) is 3.53. The number of carbonyl (C=O) groups excluding carboxylic acids is 1. The van der Waals surface area contributed by atoms with E-state index in [-0.39, 0.29) is 17.4 Å². The number of morpholine rings is 1. The largest absolute Gasteiger partial charge is 0.393 e. The van der Waals surface area contributed by atoms with E-state index < -0.39 is 0 Å². The van der Waals surface area contributed by atoms with E-state index in [0.717, 1.165) is 69.2 Å². The molecule has 1 amide bonds. The molecule has 0 radical (unpaired) electrons. The normalized spacial score (nSPS) is 49.0. The van der Waals surface area contributed by atoms with E-state index in [4.69, 9.17) is 4.74 Å². The first kappa shape index (κ1) is 21.2. The van der Waals surface area contributed by atoms with E-state index in [2.05, 4.69) is 19.2 Å². The number of aliphatic hydroxyl groups excluding tert-OH is 1. The zero-order valence-corrected chi connectivity index (χ0v) is 19.1. The molecular formula is C25H43N2O3+. The zero-order valence-electron chi connectivity index (χ0n) is 19.1. The first-order valence-corrected chi connectivity index (χ1v) is 12.8. The van der Waals surface area contributed by atoms with E-state index in [9.17, 15) is 9.90 Å². The quantitative estimate of drug-likeness (QED) is 0.654. The minimum atomic E-state index is -0.0619. The first-order chi connectivity index (χ1) is 14.4. The van der Waals surface area contributed by atoms with E-state index in [1.807, 2.05) is 0 Å². The van der Waals surface area contributed by atoms with Gasteiger partial charge in [-0.15, -0.1) is 0 Å². The van der Waals surface area contributed by atoms with Gasteiger partial charge >= 0.3 is 0 Å². The molecule has 0 aromatic heterocycles. The van der Waals surface area contributed by atoms with Crippen LogP contribution in [0.1, 0.15) is 71.6 Å². The average Bonchev–Trinajstić information content (AvgIpc) is 3.05. The lowest BCUT2D eigenvalue weighted by Crippen LogP contribution is -3.15. The van der Waals surface area contributed by atoms with Gasteiger partial charge in [-0.2, -0.15) is 0 Å². The Morgan fingerprint density at radius 1 is 1.00 bits per heavy atom. The number of quaternary nitrogens is 1. The van der Waals surface area contributed by atoms with Gasteiger partial charge in [-0.3, -0.25) is 4.79 Å². The van der Waals surface area contributed by atoms with Crippen molar-refractivity contribution in [1.82, 2.24) is 5.32 Å². The van der Waals surface area contributed by atoms with Crippen LogP contribution in [0.15, 0.2) is 0 Å². The maximum absolute atomic E-state index is 12.8. The van der Waals surface area contributed by atoms with Gasteiger partial charge in [0, 0.05) is 6.04 Å². The summed E-state index contributed by atoms with van der Waals surface area (Å²) in [5, 5.41) is 13.7. The Bertz CT molecular complexity index is 650. The predicted molar refractivity (Wildman–Crippen MR) is 116 cm³/mol. The summed E-state index contributed by atoms with van der Waals surface area (Å²) in [6.07, 6.45) is 10.9. The highest BCUT2D eigenvalue weighted by molar-refractivity contribution is 5.77. The topological polar surface area (TPSA) is 63.0 Å². The Morgan fingerprint density at radius 3 is 2.53 bits per heavy atom. The minimum absolute atomic E-state index is 0.0619. The number of fused-ring (bicyclic) bond motifs is 5. The lowest BCUT2D eigenvalue weighted by atomic mass is 9.45. The van der Waals surface area contributed by atoms with Crippen LogP contribution in [0.4, 0.5) is 0 Å². The number of hydrogen-bond acceptors (Lipinski definition) is 3. The van der Waals surface area contributed by atoms with Crippen molar-refractivity contribution in [3.05, 3.63) is 0 Å². The van der Waals surface area contributed by atoms with Crippen LogP contribution in [0.2, 0.25) is 0 Å². The molecule has 0 spiro atoms. The molecular weight excluding hydrogens is 376 g/mol. The van der Waals surface area contributed by atoms with Crippen LogP contribution < -0.4 is 10.2 Å². The Hall–Kier alpha value is -0.650. The molecule has 3 N–H and O–H groups in total. The Kier molecular flexibility index (Phi) is 5.69. The monoisotopic (exact) mass is 419 g/mol. The number of rotatable bonds is 3. The van der Waals surface area contributed by atoms with Crippen LogP contribution in [0.3, 0.4) is 0 Å². The number of hydrogen-bond donors (Lipinski definition) is 3. The lowest BCUT2D eigenvalue weighted by molar-refractivity contribution is -0.900. The van der Waals surface area contributed by atoms with Gasteiger partial charge in [0.15, 0.2) is 6.54 Å². The van der Waals surface area contributed by atoms with Crippen LogP contribution in [0, 0.1) is 34.5 Å². The number of ether oxygens (including phenoxy) is 1. The van der Waals surface area contributed by atoms with Gasteiger partial charge in [0.1, 0.15) is 13.1 Å². The van der Waals surface area contributed by atoms with Crippen LogP contribution >= 0.6 is 0 Å². The van der Waals surface area contributed by atoms with Crippen LogP contribution in [0.25, 0.3) is 0 Å². The van der Waals surface area contributed by atoms with Gasteiger partial charge in [0.2, 0.25) is 0 Å². The summed E-state index contributed by atoms with van der Waals surface area (Å²) in [5.74, 6) is 3.39. The number of amides is 1. The number of carbonyl (C=O) groups is 1. The molecule has 0 bridgehead atoms. The van der Waals surface area contributed by atoms with Crippen molar-refractivity contribution in [2.45, 2.75) is 83.8 Å². The number of aliphatic hydroxyl groups is 1. The van der Waals surface area contributed by atoms with Crippen molar-refractivity contribution in [3.8, 4) is 0 Å². The molecule has 1 saturated heterocycles. The summed E-state index contributed by atoms with van der Waals surface area (Å²) in [4.78, 5) is 14.2. The molecule has 5 nitrogen and oxygen atoms in total. The second kappa shape index (κ2) is 8.04. The average molecular weight is 420 g/mol. The smallest absolute Gasteiger partial charge is 0.275 e. The molecule has 1 aliphatic heterocycles. The molecule has 5 fully saturated rings. The Morgan fingerprint density at radius 2 is 1.73 bits per heavy atom. The van der Waals surface area contributed by atoms with Gasteiger partial charge in [-0.25, -0.2) is 0 Å². The Labute approximate surface area is 182 Å². The fourth-order valence-electron chi connectivity index (χ4n) is 8.78. The van der Waals surface area contributed by atoms with Crippen LogP contribution in [-0.4, -0.2) is 56.0 Å². The third-order valence-electron chi connectivity index (χ3n) is 10.6. The summed E-state index contributed by atoms with van der Waals surface area (Å²) in [6, 6.07) is 0.357. The second-order valence-corrected chi connectivity index (χ2v) is 11.9. The van der Waals surface area contributed by atoms with E-state index in [1.165, 1.54) is 43.4 Å². The van der Waals surface area contributed by atoms with Crippen LogP contribution in [0.5, 0.6) is 0 Å². The summed E-state index contributed by atoms with van der Waals surface area (Å²) in [6.45, 7) is 9.13. The van der Waals surface area contributed by atoms with Gasteiger partial charge in [-0.1, -0.05) is 13.8 Å². The molecule has 170 valence electrons. The Balaban J connectivity index is 1.25. The molecule has 8 unspecified atom stereocenters. The van der Waals surface area contributed by atoms with Crippen molar-refractivity contribution in [2.75, 3.05) is 32.8 Å². The summed E-state index contributed by atoms with van der Waals surface area (Å²) in [5.41, 5.74) is 0.707. The standard InChI is InChI=1S/C25H42N2O3/c1-24-9-7-18(28)15-17(24)3-4-19-20-5-6-22(25(20,2)10-8-21(19)24)26-23(29)16-27-11-13-30-14-12-27/h17-22,28H,3-16H2,1-2H3,(H,26,29)/p+1. The highest BCUT2D eigenvalue weighted by Crippen LogP contribution is 2.66. The molecule has 30 heavy (non-hydrogen) atoms. The van der Waals surface area contributed by atoms with E-state index in [0.29, 0.717) is 18.0 Å². The predicted octanol–water partition coefficient (Wildman–Crippen LogP) is 1.79. The van der Waals surface area contributed by atoms with Crippen LogP contribution in [-0.2, 0) is 9.53 Å². The molecule has 5 aliphatic rings. The SMILES string of the molecule is CC12CCC(O)CC1CCC1C2CCC2(C)C(NC(=O)C[NH+]3CCOCC3)CCC12. The van der Waals surface area contributed by atoms with Crippen molar-refractivity contribution in [2.24, 2.45) is 34.5 Å². The molecule has 5 rings (SSSR count). The number of nitrogens with one attached hydrogen (secondary N) is 2. The molecule has 8 atom stereocenters. The highest BCUT2D eigenvalue weighted by Gasteiger charge is 2.60. The van der Waals surface area contributed by atoms with Gasteiger partial charge in [-0.05, 0) is 92.3 Å². The first-order valence-electron chi connectivity index (χ1n) is 12.8. The van der Waals surface area contributed by atoms with E-state index >= 15 is 0 Å². The molecule has 1 heterocycles. The van der Waals surface area contributed by atoms with Crippen molar-refractivity contribution >= 4 is 5.91 Å².